The number of carbonyl (C=O) groups is 1. The molecule has 2 aromatic carbocycles. The van der Waals surface area contributed by atoms with Crippen LogP contribution in [0, 0.1) is 6.92 Å². The van der Waals surface area contributed by atoms with E-state index in [0.29, 0.717) is 24.0 Å². The Labute approximate surface area is 230 Å². The van der Waals surface area contributed by atoms with Gasteiger partial charge in [-0.15, -0.1) is 11.3 Å². The number of aliphatic imine (C=N–C) groups is 2. The van der Waals surface area contributed by atoms with Crippen molar-refractivity contribution in [2.24, 2.45) is 15.7 Å². The van der Waals surface area contributed by atoms with Crippen LogP contribution in [0.15, 0.2) is 89.5 Å². The Balaban J connectivity index is 1.42. The number of rotatable bonds is 7. The van der Waals surface area contributed by atoms with Gasteiger partial charge in [-0.25, -0.2) is 15.0 Å². The first-order chi connectivity index (χ1) is 18.9. The van der Waals surface area contributed by atoms with Gasteiger partial charge in [-0.1, -0.05) is 18.7 Å². The monoisotopic (exact) mass is 537 g/mol. The Hall–Kier alpha value is -4.96. The van der Waals surface area contributed by atoms with Gasteiger partial charge in [0, 0.05) is 29.9 Å². The van der Waals surface area contributed by atoms with E-state index in [2.05, 4.69) is 38.2 Å². The third kappa shape index (κ3) is 5.81. The lowest BCUT2D eigenvalue weighted by Gasteiger charge is -2.27. The van der Waals surface area contributed by atoms with Crippen molar-refractivity contribution in [2.45, 2.75) is 6.92 Å². The van der Waals surface area contributed by atoms with Crippen LogP contribution in [0.1, 0.15) is 11.1 Å². The number of amidine groups is 1. The van der Waals surface area contributed by atoms with Crippen LogP contribution in [-0.2, 0) is 4.79 Å². The number of aromatic nitrogens is 1. The molecule has 0 radical (unpaired) electrons. The summed E-state index contributed by atoms with van der Waals surface area (Å²) in [6, 6.07) is 19.2. The molecule has 5 rings (SSSR count). The fraction of sp³-hybridized carbons (Fsp3) is 0.103. The maximum atomic E-state index is 11.7. The SMILES string of the molecule is C=CC(=O)Nc1cccc(-c2cc3c(s2)NCN(C)C3=Nc2ccc(Oc3ccnc(N=CN)c3)c(C)c2)c1. The quantitative estimate of drug-likeness (QED) is 0.150. The molecular formula is C29H27N7O2S. The number of nitrogens with zero attached hydrogens (tertiary/aromatic N) is 4. The van der Waals surface area contributed by atoms with Crippen molar-refractivity contribution in [1.29, 1.82) is 0 Å². The zero-order valence-electron chi connectivity index (χ0n) is 21.5. The van der Waals surface area contributed by atoms with E-state index >= 15 is 0 Å². The summed E-state index contributed by atoms with van der Waals surface area (Å²) in [5, 5.41) is 7.34. The summed E-state index contributed by atoms with van der Waals surface area (Å²) in [5.41, 5.74) is 9.88. The maximum Gasteiger partial charge on any atom is 0.247 e. The minimum absolute atomic E-state index is 0.242. The van der Waals surface area contributed by atoms with E-state index in [1.54, 1.807) is 29.7 Å². The van der Waals surface area contributed by atoms with Gasteiger partial charge in [0.25, 0.3) is 0 Å². The lowest BCUT2D eigenvalue weighted by molar-refractivity contribution is -0.111. The van der Waals surface area contributed by atoms with Gasteiger partial charge < -0.3 is 26.0 Å². The summed E-state index contributed by atoms with van der Waals surface area (Å²) in [7, 11) is 2.01. The molecule has 0 spiro atoms. The fourth-order valence-corrected chi connectivity index (χ4v) is 5.11. The summed E-state index contributed by atoms with van der Waals surface area (Å²) in [6.45, 7) is 6.14. The number of nitrogens with one attached hydrogen (secondary N) is 2. The van der Waals surface area contributed by atoms with Gasteiger partial charge in [0.05, 0.1) is 24.3 Å². The standard InChI is InChI=1S/C29H27N7O2S/c1-4-27(37)34-20-7-5-6-19(13-20)25-15-23-28(36(3)17-33-29(23)39-25)35-21-8-9-24(18(2)12-21)38-22-10-11-31-26(14-22)32-16-30/h4-16,33H,1,17H2,2-3H3,(H,34,37)(H2,30,31,32). The zero-order chi connectivity index (χ0) is 27.4. The van der Waals surface area contributed by atoms with Crippen LogP contribution in [0.2, 0.25) is 0 Å². The van der Waals surface area contributed by atoms with Crippen LogP contribution in [0.3, 0.4) is 0 Å². The topological polar surface area (TPSA) is 117 Å². The Morgan fingerprint density at radius 1 is 1.23 bits per heavy atom. The van der Waals surface area contributed by atoms with Crippen molar-refractivity contribution < 1.29 is 9.53 Å². The molecule has 0 aliphatic carbocycles. The van der Waals surface area contributed by atoms with Gasteiger partial charge in [-0.05, 0) is 66.6 Å². The molecule has 4 aromatic rings. The van der Waals surface area contributed by atoms with Crippen molar-refractivity contribution in [3.8, 4) is 21.9 Å². The number of hydrogen-bond acceptors (Lipinski definition) is 7. The number of carbonyl (C=O) groups excluding carboxylic acids is 1. The van der Waals surface area contributed by atoms with Crippen molar-refractivity contribution >= 4 is 51.6 Å². The highest BCUT2D eigenvalue weighted by Gasteiger charge is 2.23. The molecule has 0 saturated carbocycles. The second kappa shape index (κ2) is 11.2. The molecule has 0 bridgehead atoms. The van der Waals surface area contributed by atoms with Gasteiger partial charge in [0.2, 0.25) is 5.91 Å². The molecular weight excluding hydrogens is 510 g/mol. The minimum Gasteiger partial charge on any atom is -0.457 e. The van der Waals surface area contributed by atoms with E-state index in [4.69, 9.17) is 15.5 Å². The van der Waals surface area contributed by atoms with Crippen molar-refractivity contribution in [3.63, 3.8) is 0 Å². The first-order valence-corrected chi connectivity index (χ1v) is 13.0. The number of pyridine rings is 1. The number of aryl methyl sites for hydroxylation is 1. The van der Waals surface area contributed by atoms with Crippen molar-refractivity contribution in [3.05, 3.63) is 90.6 Å². The third-order valence-corrected chi connectivity index (χ3v) is 7.10. The number of fused-ring (bicyclic) bond motifs is 1. The van der Waals surface area contributed by atoms with E-state index in [-0.39, 0.29) is 5.91 Å². The number of hydrogen-bond donors (Lipinski definition) is 3. The van der Waals surface area contributed by atoms with Crippen molar-refractivity contribution in [1.82, 2.24) is 9.88 Å². The highest BCUT2D eigenvalue weighted by molar-refractivity contribution is 7.19. The first-order valence-electron chi connectivity index (χ1n) is 12.1. The molecule has 9 nitrogen and oxygen atoms in total. The zero-order valence-corrected chi connectivity index (χ0v) is 22.3. The molecule has 3 heterocycles. The van der Waals surface area contributed by atoms with E-state index in [9.17, 15) is 4.79 Å². The molecule has 4 N–H and O–H groups in total. The maximum absolute atomic E-state index is 11.7. The summed E-state index contributed by atoms with van der Waals surface area (Å²) in [4.78, 5) is 28.0. The second-order valence-corrected chi connectivity index (χ2v) is 9.83. The van der Waals surface area contributed by atoms with Gasteiger partial charge >= 0.3 is 0 Å². The van der Waals surface area contributed by atoms with Crippen molar-refractivity contribution in [2.75, 3.05) is 24.3 Å². The van der Waals surface area contributed by atoms with Gasteiger partial charge in [0.1, 0.15) is 22.3 Å². The smallest absolute Gasteiger partial charge is 0.247 e. The number of thiophene rings is 1. The van der Waals surface area contributed by atoms with Crippen LogP contribution >= 0.6 is 11.3 Å². The predicted octanol–water partition coefficient (Wildman–Crippen LogP) is 6.05. The van der Waals surface area contributed by atoms with E-state index in [1.165, 1.54) is 12.4 Å². The molecule has 0 unspecified atom stereocenters. The van der Waals surface area contributed by atoms with Crippen LogP contribution < -0.4 is 21.1 Å². The van der Waals surface area contributed by atoms with E-state index in [0.717, 1.165) is 43.8 Å². The highest BCUT2D eigenvalue weighted by Crippen LogP contribution is 2.39. The van der Waals surface area contributed by atoms with Gasteiger partial charge in [0.15, 0.2) is 5.82 Å². The Kier molecular flexibility index (Phi) is 7.37. The predicted molar refractivity (Wildman–Crippen MR) is 159 cm³/mol. The normalized spacial score (nSPS) is 13.7. The summed E-state index contributed by atoms with van der Waals surface area (Å²) < 4.78 is 6.06. The fourth-order valence-electron chi connectivity index (χ4n) is 4.07. The summed E-state index contributed by atoms with van der Waals surface area (Å²) >= 11 is 1.66. The number of benzene rings is 2. The van der Waals surface area contributed by atoms with Crippen LogP contribution in [0.5, 0.6) is 11.5 Å². The molecule has 10 heteroatoms. The number of ether oxygens (including phenoxy) is 1. The average molecular weight is 538 g/mol. The largest absolute Gasteiger partial charge is 0.457 e. The lowest BCUT2D eigenvalue weighted by atomic mass is 10.1. The molecule has 2 aromatic heterocycles. The molecule has 39 heavy (non-hydrogen) atoms. The lowest BCUT2D eigenvalue weighted by Crippen LogP contribution is -2.36. The van der Waals surface area contributed by atoms with Crippen LogP contribution in [0.4, 0.5) is 22.2 Å². The molecule has 0 atom stereocenters. The summed E-state index contributed by atoms with van der Waals surface area (Å²) in [5.74, 6) is 2.44. The average Bonchev–Trinajstić information content (AvgIpc) is 3.37. The van der Waals surface area contributed by atoms with Crippen LogP contribution in [-0.4, -0.2) is 41.7 Å². The Morgan fingerprint density at radius 3 is 2.90 bits per heavy atom. The summed E-state index contributed by atoms with van der Waals surface area (Å²) in [6.07, 6.45) is 4.08. The highest BCUT2D eigenvalue weighted by atomic mass is 32.1. The Bertz CT molecular complexity index is 1610. The van der Waals surface area contributed by atoms with Crippen LogP contribution in [0.25, 0.3) is 10.4 Å². The molecule has 0 fully saturated rings. The second-order valence-electron chi connectivity index (χ2n) is 8.78. The first kappa shape index (κ1) is 25.7. The van der Waals surface area contributed by atoms with E-state index in [1.807, 2.05) is 56.4 Å². The minimum atomic E-state index is -0.242. The third-order valence-electron chi connectivity index (χ3n) is 5.96. The number of anilines is 2. The van der Waals surface area contributed by atoms with Gasteiger partial charge in [-0.2, -0.15) is 0 Å². The molecule has 0 saturated heterocycles. The number of amides is 1. The molecule has 196 valence electrons. The Morgan fingerprint density at radius 2 is 2.10 bits per heavy atom. The molecule has 1 amide bonds. The van der Waals surface area contributed by atoms with E-state index < -0.39 is 0 Å². The number of nitrogens with two attached hydrogens (primary N) is 1. The molecule has 1 aliphatic heterocycles. The van der Waals surface area contributed by atoms with Gasteiger partial charge in [-0.3, -0.25) is 4.79 Å². The molecule has 1 aliphatic rings.